The molecule has 1 aliphatic heterocycles. The van der Waals surface area contributed by atoms with Gasteiger partial charge < -0.3 is 4.74 Å². The second-order valence-corrected chi connectivity index (χ2v) is 4.82. The van der Waals surface area contributed by atoms with Crippen LogP contribution in [0.5, 0.6) is 0 Å². The molecule has 2 heteroatoms. The fraction of sp³-hybridized carbons (Fsp3) is 0.412. The quantitative estimate of drug-likeness (QED) is 0.608. The van der Waals surface area contributed by atoms with Crippen molar-refractivity contribution in [3.8, 4) is 11.8 Å². The fourth-order valence-electron chi connectivity index (χ4n) is 2.15. The fourth-order valence-corrected chi connectivity index (χ4v) is 2.15. The van der Waals surface area contributed by atoms with Gasteiger partial charge in [-0.15, -0.1) is 6.58 Å². The van der Waals surface area contributed by atoms with Crippen molar-refractivity contribution in [3.63, 3.8) is 0 Å². The van der Waals surface area contributed by atoms with E-state index in [9.17, 15) is 0 Å². The third kappa shape index (κ3) is 4.24. The summed E-state index contributed by atoms with van der Waals surface area (Å²) in [5, 5.41) is 0. The van der Waals surface area contributed by atoms with Crippen molar-refractivity contribution in [1.29, 1.82) is 0 Å². The molecular formula is C17H21NO. The lowest BCUT2D eigenvalue weighted by atomic mass is 10.1. The number of benzene rings is 1. The predicted octanol–water partition coefficient (Wildman–Crippen LogP) is 2.62. The molecule has 2 rings (SSSR count). The molecule has 0 radical (unpaired) electrons. The molecule has 1 fully saturated rings. The molecule has 0 amide bonds. The number of hydrogen-bond donors (Lipinski definition) is 0. The highest BCUT2D eigenvalue weighted by Gasteiger charge is 2.17. The molecule has 0 aliphatic carbocycles. The number of nitrogens with zero attached hydrogens (tertiary/aromatic N) is 1. The number of morpholine rings is 1. The predicted molar refractivity (Wildman–Crippen MR) is 79.1 cm³/mol. The van der Waals surface area contributed by atoms with E-state index in [2.05, 4.69) is 54.5 Å². The monoisotopic (exact) mass is 255 g/mol. The van der Waals surface area contributed by atoms with Gasteiger partial charge in [0.2, 0.25) is 0 Å². The van der Waals surface area contributed by atoms with Crippen LogP contribution in [0.4, 0.5) is 0 Å². The summed E-state index contributed by atoms with van der Waals surface area (Å²) in [6.07, 6.45) is 2.85. The van der Waals surface area contributed by atoms with Gasteiger partial charge in [0.25, 0.3) is 0 Å². The van der Waals surface area contributed by atoms with Crippen LogP contribution in [0.2, 0.25) is 0 Å². The molecule has 0 aromatic heterocycles. The second kappa shape index (κ2) is 7.13. The van der Waals surface area contributed by atoms with Crippen molar-refractivity contribution in [3.05, 3.63) is 48.0 Å². The second-order valence-electron chi connectivity index (χ2n) is 4.82. The van der Waals surface area contributed by atoms with E-state index in [1.54, 1.807) is 0 Å². The topological polar surface area (TPSA) is 12.5 Å². The molecule has 1 heterocycles. The highest BCUT2D eigenvalue weighted by molar-refractivity contribution is 5.37. The Morgan fingerprint density at radius 3 is 2.63 bits per heavy atom. The van der Waals surface area contributed by atoms with Crippen LogP contribution in [0.3, 0.4) is 0 Å². The summed E-state index contributed by atoms with van der Waals surface area (Å²) in [4.78, 5) is 2.38. The molecule has 0 N–H and O–H groups in total. The summed E-state index contributed by atoms with van der Waals surface area (Å²) >= 11 is 0. The standard InChI is InChI=1S/C17H21NO/c1-3-4-17(18-11-13-19-14-12-18)10-9-16-7-5-15(2)6-8-16/h3,5-8,17H,1,4,11-14H2,2H3/t17-/m0/s1. The first kappa shape index (κ1) is 13.9. The van der Waals surface area contributed by atoms with Crippen LogP contribution in [-0.2, 0) is 4.74 Å². The maximum atomic E-state index is 5.39. The minimum Gasteiger partial charge on any atom is -0.379 e. The highest BCUT2D eigenvalue weighted by Crippen LogP contribution is 2.08. The Kier molecular flexibility index (Phi) is 5.20. The van der Waals surface area contributed by atoms with E-state index in [1.165, 1.54) is 5.56 Å². The molecule has 1 aliphatic rings. The molecule has 1 atom stereocenters. The first-order chi connectivity index (χ1) is 9.29. The summed E-state index contributed by atoms with van der Waals surface area (Å²) in [6.45, 7) is 9.45. The SMILES string of the molecule is C=CC[C@@H](C#Cc1ccc(C)cc1)N1CCOCC1. The Morgan fingerprint density at radius 1 is 1.32 bits per heavy atom. The molecule has 1 aromatic carbocycles. The van der Waals surface area contributed by atoms with Gasteiger partial charge in [0.15, 0.2) is 0 Å². The van der Waals surface area contributed by atoms with E-state index < -0.39 is 0 Å². The third-order valence-corrected chi connectivity index (χ3v) is 3.31. The zero-order valence-corrected chi connectivity index (χ0v) is 11.6. The van der Waals surface area contributed by atoms with Gasteiger partial charge >= 0.3 is 0 Å². The molecular weight excluding hydrogens is 234 g/mol. The van der Waals surface area contributed by atoms with Crippen molar-refractivity contribution in [2.75, 3.05) is 26.3 Å². The highest BCUT2D eigenvalue weighted by atomic mass is 16.5. The van der Waals surface area contributed by atoms with E-state index >= 15 is 0 Å². The molecule has 0 saturated carbocycles. The lowest BCUT2D eigenvalue weighted by Gasteiger charge is -2.30. The normalized spacial score (nSPS) is 17.3. The summed E-state index contributed by atoms with van der Waals surface area (Å²) < 4.78 is 5.39. The maximum Gasteiger partial charge on any atom is 0.0754 e. The lowest BCUT2D eigenvalue weighted by molar-refractivity contribution is 0.0278. The molecule has 19 heavy (non-hydrogen) atoms. The van der Waals surface area contributed by atoms with Crippen LogP contribution in [0.1, 0.15) is 17.5 Å². The Balaban J connectivity index is 2.07. The van der Waals surface area contributed by atoms with E-state index in [0.717, 1.165) is 38.3 Å². The first-order valence-electron chi connectivity index (χ1n) is 6.80. The smallest absolute Gasteiger partial charge is 0.0754 e. The van der Waals surface area contributed by atoms with Crippen LogP contribution >= 0.6 is 0 Å². The van der Waals surface area contributed by atoms with Gasteiger partial charge in [-0.3, -0.25) is 4.90 Å². The van der Waals surface area contributed by atoms with Crippen molar-refractivity contribution in [1.82, 2.24) is 4.90 Å². The van der Waals surface area contributed by atoms with E-state index in [1.807, 2.05) is 6.08 Å². The molecule has 0 spiro atoms. The zero-order valence-electron chi connectivity index (χ0n) is 11.6. The Bertz CT molecular complexity index is 460. The van der Waals surface area contributed by atoms with Gasteiger partial charge in [-0.1, -0.05) is 35.6 Å². The molecule has 0 unspecified atom stereocenters. The summed E-state index contributed by atoms with van der Waals surface area (Å²) in [5.41, 5.74) is 2.34. The number of rotatable bonds is 3. The molecule has 1 saturated heterocycles. The number of ether oxygens (including phenoxy) is 1. The molecule has 0 bridgehead atoms. The lowest BCUT2D eigenvalue weighted by Crippen LogP contribution is -2.42. The van der Waals surface area contributed by atoms with Gasteiger partial charge in [-0.25, -0.2) is 0 Å². The zero-order chi connectivity index (χ0) is 13.5. The van der Waals surface area contributed by atoms with E-state index in [0.29, 0.717) is 0 Å². The summed E-state index contributed by atoms with van der Waals surface area (Å²) in [5.74, 6) is 6.65. The summed E-state index contributed by atoms with van der Waals surface area (Å²) in [6, 6.07) is 8.60. The van der Waals surface area contributed by atoms with Gasteiger partial charge in [0.05, 0.1) is 19.3 Å². The van der Waals surface area contributed by atoms with Crippen LogP contribution in [0, 0.1) is 18.8 Å². The Hall–Kier alpha value is -1.56. The minimum atomic E-state index is 0.253. The van der Waals surface area contributed by atoms with Crippen molar-refractivity contribution in [2.45, 2.75) is 19.4 Å². The average Bonchev–Trinajstić information content (AvgIpc) is 2.46. The van der Waals surface area contributed by atoms with E-state index in [4.69, 9.17) is 4.74 Å². The first-order valence-corrected chi connectivity index (χ1v) is 6.80. The summed E-state index contributed by atoms with van der Waals surface area (Å²) in [7, 11) is 0. The van der Waals surface area contributed by atoms with Crippen molar-refractivity contribution in [2.24, 2.45) is 0 Å². The van der Waals surface area contributed by atoms with Crippen LogP contribution in [-0.4, -0.2) is 37.2 Å². The van der Waals surface area contributed by atoms with Gasteiger partial charge in [0.1, 0.15) is 0 Å². The minimum absolute atomic E-state index is 0.253. The van der Waals surface area contributed by atoms with Gasteiger partial charge in [-0.2, -0.15) is 0 Å². The van der Waals surface area contributed by atoms with Gasteiger partial charge in [-0.05, 0) is 25.5 Å². The number of aryl methyl sites for hydroxylation is 1. The molecule has 100 valence electrons. The average molecular weight is 255 g/mol. The van der Waals surface area contributed by atoms with Crippen molar-refractivity contribution < 1.29 is 4.74 Å². The van der Waals surface area contributed by atoms with E-state index in [-0.39, 0.29) is 6.04 Å². The maximum absolute atomic E-state index is 5.39. The Labute approximate surface area is 116 Å². The van der Waals surface area contributed by atoms with Gasteiger partial charge in [0, 0.05) is 18.7 Å². The molecule has 1 aromatic rings. The molecule has 2 nitrogen and oxygen atoms in total. The Morgan fingerprint density at radius 2 is 2.00 bits per heavy atom. The van der Waals surface area contributed by atoms with Crippen LogP contribution < -0.4 is 0 Å². The van der Waals surface area contributed by atoms with Crippen molar-refractivity contribution >= 4 is 0 Å². The third-order valence-electron chi connectivity index (χ3n) is 3.31. The van der Waals surface area contributed by atoms with Crippen LogP contribution in [0.25, 0.3) is 0 Å². The largest absolute Gasteiger partial charge is 0.379 e. The van der Waals surface area contributed by atoms with Crippen LogP contribution in [0.15, 0.2) is 36.9 Å². The number of hydrogen-bond acceptors (Lipinski definition) is 2.